The van der Waals surface area contributed by atoms with Crippen molar-refractivity contribution >= 4 is 39.7 Å². The summed E-state index contributed by atoms with van der Waals surface area (Å²) in [6.07, 6.45) is 3.31. The van der Waals surface area contributed by atoms with Crippen LogP contribution in [0.5, 0.6) is 0 Å². The molecule has 3 aromatic carbocycles. The Balaban J connectivity index is 1.32. The topological polar surface area (TPSA) is 128 Å². The minimum Gasteiger partial charge on any atom is -0.340 e. The number of anilines is 3. The second kappa shape index (κ2) is 9.02. The van der Waals surface area contributed by atoms with Gasteiger partial charge in [0.2, 0.25) is 0 Å². The van der Waals surface area contributed by atoms with Crippen molar-refractivity contribution in [2.45, 2.75) is 0 Å². The molecule has 0 unspecified atom stereocenters. The van der Waals surface area contributed by atoms with Crippen LogP contribution in [0.2, 0.25) is 0 Å². The number of aryl methyl sites for hydroxylation is 1. The Bertz CT molecular complexity index is 1560. The normalized spacial score (nSPS) is 10.8. The molecule has 0 radical (unpaired) electrons. The number of carbonyl (C=O) groups excluding carboxylic acids is 1. The van der Waals surface area contributed by atoms with Gasteiger partial charge in [-0.1, -0.05) is 18.2 Å². The van der Waals surface area contributed by atoms with Crippen LogP contribution in [-0.4, -0.2) is 30.6 Å². The highest BCUT2D eigenvalue weighted by Crippen LogP contribution is 2.26. The number of nitrogens with one attached hydrogen (secondary N) is 2. The van der Waals surface area contributed by atoms with E-state index in [1.54, 1.807) is 18.2 Å². The van der Waals surface area contributed by atoms with Gasteiger partial charge in [0, 0.05) is 53.1 Å². The average molecular weight is 465 g/mol. The fourth-order valence-electron chi connectivity index (χ4n) is 3.65. The van der Waals surface area contributed by atoms with Crippen molar-refractivity contribution in [1.29, 1.82) is 0 Å². The molecule has 5 aromatic rings. The molecular formula is C25H19N7O3. The number of amides is 1. The summed E-state index contributed by atoms with van der Waals surface area (Å²) in [6.45, 7) is 0. The van der Waals surface area contributed by atoms with Gasteiger partial charge in [-0.15, -0.1) is 0 Å². The lowest BCUT2D eigenvalue weighted by molar-refractivity contribution is -0.384. The van der Waals surface area contributed by atoms with Crippen molar-refractivity contribution in [3.05, 3.63) is 101 Å². The number of non-ortho nitro benzene ring substituents is 1. The number of fused-ring (bicyclic) bond motifs is 1. The van der Waals surface area contributed by atoms with Gasteiger partial charge in [0.05, 0.1) is 22.3 Å². The van der Waals surface area contributed by atoms with Crippen LogP contribution < -0.4 is 10.6 Å². The molecule has 0 saturated heterocycles. The lowest BCUT2D eigenvalue weighted by Gasteiger charge is -2.10. The van der Waals surface area contributed by atoms with Gasteiger partial charge in [-0.25, -0.2) is 9.97 Å². The molecule has 0 aliphatic carbocycles. The number of carbonyl (C=O) groups is 1. The summed E-state index contributed by atoms with van der Waals surface area (Å²) < 4.78 is 1.82. The summed E-state index contributed by atoms with van der Waals surface area (Å²) in [4.78, 5) is 31.5. The second-order valence-electron chi connectivity index (χ2n) is 7.79. The van der Waals surface area contributed by atoms with Crippen LogP contribution in [0.4, 0.5) is 22.9 Å². The maximum absolute atomic E-state index is 12.5. The minimum absolute atomic E-state index is 0.0720. The second-order valence-corrected chi connectivity index (χ2v) is 7.79. The average Bonchev–Trinajstić information content (AvgIpc) is 3.24. The zero-order valence-electron chi connectivity index (χ0n) is 18.5. The molecule has 2 aromatic heterocycles. The van der Waals surface area contributed by atoms with Crippen molar-refractivity contribution in [1.82, 2.24) is 19.7 Å². The first kappa shape index (κ1) is 21.7. The highest BCUT2D eigenvalue weighted by Gasteiger charge is 2.11. The molecule has 0 bridgehead atoms. The minimum atomic E-state index is -0.507. The maximum atomic E-state index is 12.5. The Kier molecular flexibility index (Phi) is 5.60. The number of nitro groups is 1. The Morgan fingerprint density at radius 3 is 2.57 bits per heavy atom. The zero-order valence-corrected chi connectivity index (χ0v) is 18.5. The highest BCUT2D eigenvalue weighted by molar-refractivity contribution is 6.04. The molecule has 10 heteroatoms. The van der Waals surface area contributed by atoms with Crippen LogP contribution in [-0.2, 0) is 7.05 Å². The number of hydrogen-bond donors (Lipinski definition) is 2. The van der Waals surface area contributed by atoms with Crippen molar-refractivity contribution in [3.8, 4) is 11.3 Å². The molecule has 0 spiro atoms. The summed E-state index contributed by atoms with van der Waals surface area (Å²) in [5.74, 6) is 0.228. The third kappa shape index (κ3) is 4.67. The molecule has 10 nitrogen and oxygen atoms in total. The molecule has 5 rings (SSSR count). The van der Waals surface area contributed by atoms with Gasteiger partial charge in [-0.2, -0.15) is 5.10 Å². The van der Waals surface area contributed by atoms with Crippen LogP contribution in [0.3, 0.4) is 0 Å². The molecular weight excluding hydrogens is 446 g/mol. The molecule has 2 N–H and O–H groups in total. The predicted molar refractivity (Wildman–Crippen MR) is 133 cm³/mol. The van der Waals surface area contributed by atoms with E-state index in [1.165, 1.54) is 30.6 Å². The van der Waals surface area contributed by atoms with Crippen LogP contribution in [0, 0.1) is 10.1 Å². The summed E-state index contributed by atoms with van der Waals surface area (Å²) in [5, 5.41) is 22.2. The SMILES string of the molecule is Cn1ncc2ccc(-c3cc(Nc4cccc(NC(=O)c5ccc([N+](=O)[O-])cc5)c4)ncn3)cc21. The summed E-state index contributed by atoms with van der Waals surface area (Å²) in [5.41, 5.74) is 4.24. The summed E-state index contributed by atoms with van der Waals surface area (Å²) >= 11 is 0. The Morgan fingerprint density at radius 1 is 0.971 bits per heavy atom. The van der Waals surface area contributed by atoms with Gasteiger partial charge < -0.3 is 10.6 Å². The molecule has 0 fully saturated rings. The molecule has 1 amide bonds. The van der Waals surface area contributed by atoms with Crippen LogP contribution in [0.1, 0.15) is 10.4 Å². The number of benzene rings is 3. The van der Waals surface area contributed by atoms with E-state index in [0.29, 0.717) is 17.1 Å². The molecule has 0 atom stereocenters. The third-order valence-electron chi connectivity index (χ3n) is 5.45. The maximum Gasteiger partial charge on any atom is 0.269 e. The van der Waals surface area contributed by atoms with Gasteiger partial charge in [-0.3, -0.25) is 19.6 Å². The summed E-state index contributed by atoms with van der Waals surface area (Å²) in [7, 11) is 1.90. The van der Waals surface area contributed by atoms with E-state index in [2.05, 4.69) is 25.7 Å². The number of nitrogens with zero attached hydrogens (tertiary/aromatic N) is 5. The van der Waals surface area contributed by atoms with Gasteiger partial charge >= 0.3 is 0 Å². The van der Waals surface area contributed by atoms with Crippen molar-refractivity contribution in [2.24, 2.45) is 7.05 Å². The highest BCUT2D eigenvalue weighted by atomic mass is 16.6. The van der Waals surface area contributed by atoms with Crippen LogP contribution in [0.15, 0.2) is 85.3 Å². The first-order valence-corrected chi connectivity index (χ1v) is 10.6. The molecule has 2 heterocycles. The van der Waals surface area contributed by atoms with Gasteiger partial charge in [0.1, 0.15) is 12.1 Å². The predicted octanol–water partition coefficient (Wildman–Crippen LogP) is 4.93. The number of rotatable bonds is 6. The molecule has 0 aliphatic heterocycles. The fourth-order valence-corrected chi connectivity index (χ4v) is 3.65. The summed E-state index contributed by atoms with van der Waals surface area (Å²) in [6, 6.07) is 20.5. The first-order chi connectivity index (χ1) is 17.0. The lowest BCUT2D eigenvalue weighted by atomic mass is 10.1. The largest absolute Gasteiger partial charge is 0.340 e. The molecule has 35 heavy (non-hydrogen) atoms. The zero-order chi connectivity index (χ0) is 24.4. The number of nitro benzene ring substituents is 1. The number of hydrogen-bond acceptors (Lipinski definition) is 7. The van der Waals surface area contributed by atoms with Gasteiger partial charge in [0.25, 0.3) is 11.6 Å². The molecule has 0 aliphatic rings. The van der Waals surface area contributed by atoms with Crippen molar-refractivity contribution < 1.29 is 9.72 Å². The Labute approximate surface area is 199 Å². The van der Waals surface area contributed by atoms with E-state index >= 15 is 0 Å². The molecule has 172 valence electrons. The van der Waals surface area contributed by atoms with E-state index < -0.39 is 4.92 Å². The fraction of sp³-hybridized carbons (Fsp3) is 0.0400. The third-order valence-corrected chi connectivity index (χ3v) is 5.45. The standard InChI is InChI=1S/C25H19N7O3/c1-31-23-11-17(5-6-18(23)14-28-31)22-13-24(27-15-26-22)29-19-3-2-4-20(12-19)30-25(33)16-7-9-21(10-8-16)32(34)35/h2-15H,1H3,(H,30,33)(H,26,27,29). The van der Waals surface area contributed by atoms with Crippen molar-refractivity contribution in [2.75, 3.05) is 10.6 Å². The van der Waals surface area contributed by atoms with E-state index in [4.69, 9.17) is 0 Å². The van der Waals surface area contributed by atoms with Gasteiger partial charge in [0.15, 0.2) is 0 Å². The number of aromatic nitrogens is 4. The first-order valence-electron chi connectivity index (χ1n) is 10.6. The van der Waals surface area contributed by atoms with Crippen molar-refractivity contribution in [3.63, 3.8) is 0 Å². The van der Waals surface area contributed by atoms with E-state index in [9.17, 15) is 14.9 Å². The smallest absolute Gasteiger partial charge is 0.269 e. The van der Waals surface area contributed by atoms with E-state index in [-0.39, 0.29) is 11.6 Å². The monoisotopic (exact) mass is 465 g/mol. The lowest BCUT2D eigenvalue weighted by Crippen LogP contribution is -2.12. The van der Waals surface area contributed by atoms with E-state index in [1.807, 2.05) is 48.3 Å². The quantitative estimate of drug-likeness (QED) is 0.269. The Hall–Kier alpha value is -5.12. The molecule has 0 saturated carbocycles. The van der Waals surface area contributed by atoms with E-state index in [0.717, 1.165) is 27.8 Å². The van der Waals surface area contributed by atoms with Crippen LogP contribution in [0.25, 0.3) is 22.2 Å². The van der Waals surface area contributed by atoms with Crippen LogP contribution >= 0.6 is 0 Å². The Morgan fingerprint density at radius 2 is 1.77 bits per heavy atom. The van der Waals surface area contributed by atoms with Gasteiger partial charge in [-0.05, 0) is 36.4 Å².